The summed E-state index contributed by atoms with van der Waals surface area (Å²) in [5, 5.41) is 9.60. The molecule has 0 heterocycles. The number of esters is 1. The van der Waals surface area contributed by atoms with Crippen LogP contribution in [0.25, 0.3) is 0 Å². The summed E-state index contributed by atoms with van der Waals surface area (Å²) in [6.45, 7) is 5.22. The number of hydrogen-bond donors (Lipinski definition) is 1. The van der Waals surface area contributed by atoms with Gasteiger partial charge in [-0.3, -0.25) is 4.79 Å². The molecule has 0 aliphatic heterocycles. The molecule has 0 saturated carbocycles. The Hall–Kier alpha value is -1.91. The number of ether oxygens (including phenoxy) is 2. The summed E-state index contributed by atoms with van der Waals surface area (Å²) < 4.78 is 11.1. The van der Waals surface area contributed by atoms with Gasteiger partial charge in [-0.1, -0.05) is 203 Å². The molecule has 1 unspecified atom stereocenters. The molecule has 0 radical (unpaired) electrons. The van der Waals surface area contributed by atoms with E-state index in [1.807, 2.05) is 0 Å². The molecule has 0 rings (SSSR count). The van der Waals surface area contributed by atoms with E-state index in [0.29, 0.717) is 13.0 Å². The molecule has 0 fully saturated rings. The van der Waals surface area contributed by atoms with E-state index in [1.165, 1.54) is 122 Å². The van der Waals surface area contributed by atoms with Crippen LogP contribution >= 0.6 is 0 Å². The quantitative estimate of drug-likeness (QED) is 0.0390. The molecular formula is C47H84O4. The Morgan fingerprint density at radius 3 is 1.31 bits per heavy atom. The fraction of sp³-hybridized carbons (Fsp3) is 0.766. The summed E-state index contributed by atoms with van der Waals surface area (Å²) in [7, 11) is 0. The number of hydrogen-bond acceptors (Lipinski definition) is 4. The summed E-state index contributed by atoms with van der Waals surface area (Å²) >= 11 is 0. The maximum absolute atomic E-state index is 12.2. The van der Waals surface area contributed by atoms with Crippen molar-refractivity contribution in [2.45, 2.75) is 213 Å². The zero-order valence-electron chi connectivity index (χ0n) is 33.9. The molecule has 0 saturated heterocycles. The highest BCUT2D eigenvalue weighted by Gasteiger charge is 2.13. The predicted octanol–water partition coefficient (Wildman–Crippen LogP) is 14.4. The molecular weight excluding hydrogens is 629 g/mol. The van der Waals surface area contributed by atoms with E-state index in [4.69, 9.17) is 9.47 Å². The van der Waals surface area contributed by atoms with Gasteiger partial charge in [-0.25, -0.2) is 0 Å². The third-order valence-electron chi connectivity index (χ3n) is 9.36. The van der Waals surface area contributed by atoms with Crippen molar-refractivity contribution in [3.63, 3.8) is 0 Å². The molecule has 1 atom stereocenters. The highest BCUT2D eigenvalue weighted by atomic mass is 16.6. The average molecular weight is 713 g/mol. The average Bonchev–Trinajstić information content (AvgIpc) is 3.14. The summed E-state index contributed by atoms with van der Waals surface area (Å²) in [6, 6.07) is 0. The fourth-order valence-electron chi connectivity index (χ4n) is 6.12. The normalized spacial score (nSPS) is 12.9. The Morgan fingerprint density at radius 2 is 0.882 bits per heavy atom. The monoisotopic (exact) mass is 713 g/mol. The van der Waals surface area contributed by atoms with Gasteiger partial charge in [0.2, 0.25) is 0 Å². The van der Waals surface area contributed by atoms with Crippen molar-refractivity contribution in [1.82, 2.24) is 0 Å². The molecule has 0 bridgehead atoms. The highest BCUT2D eigenvalue weighted by Crippen LogP contribution is 2.15. The third kappa shape index (κ3) is 42.4. The SMILES string of the molecule is CC/C=C\C/C=C\C/C=C\C/C=C\C/C=C\CCCCCC(=O)OC(CO)COCCCCCCCCCCCCCCCCCCCCCC. The Kier molecular flexibility index (Phi) is 42.6. The van der Waals surface area contributed by atoms with Crippen LogP contribution in [0.1, 0.15) is 206 Å². The largest absolute Gasteiger partial charge is 0.457 e. The number of aliphatic hydroxyl groups excluding tert-OH is 1. The van der Waals surface area contributed by atoms with E-state index in [-0.39, 0.29) is 19.2 Å². The van der Waals surface area contributed by atoms with Crippen molar-refractivity contribution in [3.8, 4) is 0 Å². The summed E-state index contributed by atoms with van der Waals surface area (Å²) in [5.41, 5.74) is 0. The van der Waals surface area contributed by atoms with Crippen molar-refractivity contribution < 1.29 is 19.4 Å². The Balaban J connectivity index is 3.48. The first-order valence-corrected chi connectivity index (χ1v) is 21.9. The molecule has 4 heteroatoms. The van der Waals surface area contributed by atoms with Gasteiger partial charge in [0.15, 0.2) is 0 Å². The molecule has 296 valence electrons. The van der Waals surface area contributed by atoms with Crippen LogP contribution in [-0.2, 0) is 14.3 Å². The van der Waals surface area contributed by atoms with Gasteiger partial charge in [-0.2, -0.15) is 0 Å². The molecule has 0 aromatic carbocycles. The first kappa shape index (κ1) is 49.1. The Labute approximate surface area is 317 Å². The van der Waals surface area contributed by atoms with Gasteiger partial charge in [-0.05, 0) is 57.8 Å². The first-order chi connectivity index (χ1) is 25.2. The topological polar surface area (TPSA) is 55.8 Å². The lowest BCUT2D eigenvalue weighted by Crippen LogP contribution is -2.27. The maximum atomic E-state index is 12.2. The zero-order chi connectivity index (χ0) is 37.0. The maximum Gasteiger partial charge on any atom is 0.306 e. The van der Waals surface area contributed by atoms with Gasteiger partial charge in [0, 0.05) is 13.0 Å². The summed E-state index contributed by atoms with van der Waals surface area (Å²) in [4.78, 5) is 12.2. The van der Waals surface area contributed by atoms with Crippen molar-refractivity contribution >= 4 is 5.97 Å². The van der Waals surface area contributed by atoms with Gasteiger partial charge in [0.05, 0.1) is 13.2 Å². The number of carbonyl (C=O) groups is 1. The van der Waals surface area contributed by atoms with Gasteiger partial charge in [0.1, 0.15) is 6.10 Å². The smallest absolute Gasteiger partial charge is 0.306 e. The van der Waals surface area contributed by atoms with Crippen molar-refractivity contribution in [1.29, 1.82) is 0 Å². The summed E-state index contributed by atoms with van der Waals surface area (Å²) in [6.07, 6.45) is 58.6. The van der Waals surface area contributed by atoms with Crippen molar-refractivity contribution in [2.24, 2.45) is 0 Å². The second-order valence-electron chi connectivity index (χ2n) is 14.4. The number of unbranched alkanes of at least 4 members (excludes halogenated alkanes) is 22. The van der Waals surface area contributed by atoms with Crippen LogP contribution in [0.4, 0.5) is 0 Å². The van der Waals surface area contributed by atoms with E-state index in [1.54, 1.807) is 0 Å². The lowest BCUT2D eigenvalue weighted by molar-refractivity contribution is -0.154. The molecule has 51 heavy (non-hydrogen) atoms. The first-order valence-electron chi connectivity index (χ1n) is 21.9. The van der Waals surface area contributed by atoms with Gasteiger partial charge >= 0.3 is 5.97 Å². The number of allylic oxidation sites excluding steroid dienone is 10. The van der Waals surface area contributed by atoms with E-state index in [2.05, 4.69) is 74.6 Å². The molecule has 0 amide bonds. The number of aliphatic hydroxyl groups is 1. The summed E-state index contributed by atoms with van der Waals surface area (Å²) in [5.74, 6) is -0.230. The Morgan fingerprint density at radius 1 is 0.490 bits per heavy atom. The predicted molar refractivity (Wildman–Crippen MR) is 223 cm³/mol. The van der Waals surface area contributed by atoms with Crippen LogP contribution < -0.4 is 0 Å². The van der Waals surface area contributed by atoms with Gasteiger partial charge < -0.3 is 14.6 Å². The minimum Gasteiger partial charge on any atom is -0.457 e. The van der Waals surface area contributed by atoms with E-state index in [9.17, 15) is 9.90 Å². The van der Waals surface area contributed by atoms with E-state index < -0.39 is 6.10 Å². The molecule has 0 aliphatic rings. The number of rotatable bonds is 40. The van der Waals surface area contributed by atoms with Gasteiger partial charge in [-0.15, -0.1) is 0 Å². The fourth-order valence-corrected chi connectivity index (χ4v) is 6.12. The lowest BCUT2D eigenvalue weighted by atomic mass is 10.0. The second kappa shape index (κ2) is 44.3. The van der Waals surface area contributed by atoms with E-state index >= 15 is 0 Å². The minimum atomic E-state index is -0.552. The van der Waals surface area contributed by atoms with Crippen LogP contribution in [0, 0.1) is 0 Å². The molecule has 0 aliphatic carbocycles. The van der Waals surface area contributed by atoms with Crippen LogP contribution in [0.15, 0.2) is 60.8 Å². The van der Waals surface area contributed by atoms with E-state index in [0.717, 1.165) is 64.2 Å². The molecule has 1 N–H and O–H groups in total. The molecule has 0 spiro atoms. The highest BCUT2D eigenvalue weighted by molar-refractivity contribution is 5.69. The van der Waals surface area contributed by atoms with Crippen LogP contribution in [-0.4, -0.2) is 37.0 Å². The minimum absolute atomic E-state index is 0.185. The van der Waals surface area contributed by atoms with Crippen molar-refractivity contribution in [2.75, 3.05) is 19.8 Å². The van der Waals surface area contributed by atoms with Gasteiger partial charge in [0.25, 0.3) is 0 Å². The van der Waals surface area contributed by atoms with Crippen LogP contribution in [0.3, 0.4) is 0 Å². The molecule has 0 aromatic heterocycles. The standard InChI is InChI=1S/C47H84O4/c1-3-5-7-9-11-13-15-17-19-21-23-25-27-29-31-33-35-37-39-41-43-50-45-46(44-48)51-47(49)42-40-38-36-34-32-30-28-26-24-22-20-18-16-14-12-10-8-6-4-2/h6,8,12,14,18,20,24,26,30,32,46,48H,3-5,7,9-11,13,15-17,19,21-23,25,27-29,31,33-45H2,1-2H3/b8-6-,14-12-,20-18-,26-24-,32-30-. The zero-order valence-corrected chi connectivity index (χ0v) is 33.9. The van der Waals surface area contributed by atoms with Crippen LogP contribution in [0.2, 0.25) is 0 Å². The number of carbonyl (C=O) groups excluding carboxylic acids is 1. The molecule has 0 aromatic rings. The third-order valence-corrected chi connectivity index (χ3v) is 9.36. The second-order valence-corrected chi connectivity index (χ2v) is 14.4. The lowest BCUT2D eigenvalue weighted by Gasteiger charge is -2.15. The Bertz CT molecular complexity index is 839. The molecule has 4 nitrogen and oxygen atoms in total. The van der Waals surface area contributed by atoms with Crippen molar-refractivity contribution in [3.05, 3.63) is 60.8 Å². The van der Waals surface area contributed by atoms with Crippen LogP contribution in [0.5, 0.6) is 0 Å².